The number of carbonyl (C=O) groups is 1. The zero-order valence-corrected chi connectivity index (χ0v) is 16.8. The van der Waals surface area contributed by atoms with Gasteiger partial charge in [0, 0.05) is 0 Å². The minimum atomic E-state index is -3.96. The van der Waals surface area contributed by atoms with Crippen LogP contribution in [0.2, 0.25) is 0 Å². The average Bonchev–Trinajstić information content (AvgIpc) is 2.87. The van der Waals surface area contributed by atoms with Crippen molar-refractivity contribution in [3.63, 3.8) is 0 Å². The third-order valence-electron chi connectivity index (χ3n) is 4.42. The van der Waals surface area contributed by atoms with E-state index >= 15 is 0 Å². The summed E-state index contributed by atoms with van der Waals surface area (Å²) in [6.07, 6.45) is 1.29. The Balaban J connectivity index is 0.00000261. The van der Waals surface area contributed by atoms with Gasteiger partial charge in [-0.3, -0.25) is 4.79 Å². The summed E-state index contributed by atoms with van der Waals surface area (Å²) in [4.78, 5) is 36.4. The molecule has 1 fully saturated rings. The average molecular weight is 422 g/mol. The molecule has 0 atom stereocenters. The fourth-order valence-corrected chi connectivity index (χ4v) is 3.84. The molecule has 0 bridgehead atoms. The van der Waals surface area contributed by atoms with Crippen LogP contribution in [0.4, 0.5) is 5.69 Å². The van der Waals surface area contributed by atoms with E-state index < -0.39 is 14.1 Å². The van der Waals surface area contributed by atoms with E-state index in [1.54, 1.807) is 0 Å². The van der Waals surface area contributed by atoms with E-state index in [1.165, 1.54) is 0 Å². The summed E-state index contributed by atoms with van der Waals surface area (Å²) in [7, 11) is -2.03. The SMILES string of the molecule is Cl.Cn1c(CCCC(=O)O)nc2cc(N3CCO[PH](O)(O)OCC3)ccc21. The number of hydrogen-bond donors (Lipinski definition) is 3. The predicted molar refractivity (Wildman–Crippen MR) is 105 cm³/mol. The summed E-state index contributed by atoms with van der Waals surface area (Å²) in [5, 5.41) is 8.77. The maximum absolute atomic E-state index is 10.7. The van der Waals surface area contributed by atoms with Gasteiger partial charge in [0.15, 0.2) is 0 Å². The number of aliphatic carboxylic acids is 1. The first-order chi connectivity index (χ1) is 12.4. The van der Waals surface area contributed by atoms with E-state index in [4.69, 9.17) is 14.2 Å². The number of carboxylic acid groups (broad SMARTS) is 1. The molecule has 9 nitrogen and oxygen atoms in total. The Hall–Kier alpha value is -1.48. The monoisotopic (exact) mass is 421 g/mol. The Morgan fingerprint density at radius 2 is 1.93 bits per heavy atom. The van der Waals surface area contributed by atoms with Gasteiger partial charge in [0.1, 0.15) is 0 Å². The van der Waals surface area contributed by atoms with Crippen LogP contribution in [0.25, 0.3) is 11.0 Å². The third kappa shape index (κ3) is 5.51. The maximum atomic E-state index is 10.7. The molecule has 1 aromatic carbocycles. The zero-order chi connectivity index (χ0) is 18.7. The van der Waals surface area contributed by atoms with E-state index in [1.807, 2.05) is 34.7 Å². The number of fused-ring (bicyclic) bond motifs is 1. The number of rotatable bonds is 5. The second-order valence-electron chi connectivity index (χ2n) is 6.24. The van der Waals surface area contributed by atoms with E-state index in [-0.39, 0.29) is 32.0 Å². The molecule has 27 heavy (non-hydrogen) atoms. The fourth-order valence-electron chi connectivity index (χ4n) is 3.05. The summed E-state index contributed by atoms with van der Waals surface area (Å²) >= 11 is 0. The topological polar surface area (TPSA) is 117 Å². The van der Waals surface area contributed by atoms with Crippen molar-refractivity contribution in [2.45, 2.75) is 19.3 Å². The van der Waals surface area contributed by atoms with Crippen molar-refractivity contribution in [1.29, 1.82) is 0 Å². The Kier molecular flexibility index (Phi) is 7.39. The molecule has 1 aliphatic rings. The zero-order valence-electron chi connectivity index (χ0n) is 15.0. The Labute approximate surface area is 163 Å². The molecule has 1 saturated heterocycles. The van der Waals surface area contributed by atoms with Crippen molar-refractivity contribution in [2.24, 2.45) is 7.05 Å². The van der Waals surface area contributed by atoms with E-state index in [2.05, 4.69) is 4.98 Å². The number of aromatic nitrogens is 2. The number of anilines is 1. The van der Waals surface area contributed by atoms with Gasteiger partial charge >= 0.3 is 141 Å². The van der Waals surface area contributed by atoms with Gasteiger partial charge in [-0.05, 0) is 0 Å². The van der Waals surface area contributed by atoms with Crippen molar-refractivity contribution >= 4 is 43.3 Å². The van der Waals surface area contributed by atoms with Gasteiger partial charge < -0.3 is 5.11 Å². The molecule has 0 radical (unpaired) electrons. The van der Waals surface area contributed by atoms with Crippen LogP contribution >= 0.6 is 20.6 Å². The molecule has 152 valence electrons. The van der Waals surface area contributed by atoms with Gasteiger partial charge in [-0.2, -0.15) is 0 Å². The Bertz CT molecular complexity index is 788. The van der Waals surface area contributed by atoms with Gasteiger partial charge in [-0.1, -0.05) is 0 Å². The van der Waals surface area contributed by atoms with Gasteiger partial charge in [-0.15, -0.1) is 12.4 Å². The molecule has 0 unspecified atom stereocenters. The number of benzene rings is 1. The van der Waals surface area contributed by atoms with E-state index in [0.29, 0.717) is 25.9 Å². The Morgan fingerprint density at radius 3 is 2.56 bits per heavy atom. The van der Waals surface area contributed by atoms with Gasteiger partial charge in [0.05, 0.1) is 0 Å². The molecule has 11 heteroatoms. The van der Waals surface area contributed by atoms with Crippen LogP contribution in [0.3, 0.4) is 0 Å². The second kappa shape index (κ2) is 9.14. The molecule has 0 amide bonds. The molecule has 3 N–H and O–H groups in total. The Morgan fingerprint density at radius 1 is 1.26 bits per heavy atom. The van der Waals surface area contributed by atoms with Crippen LogP contribution in [-0.2, 0) is 27.3 Å². The summed E-state index contributed by atoms with van der Waals surface area (Å²) in [6, 6.07) is 5.94. The second-order valence-corrected chi connectivity index (χ2v) is 7.91. The van der Waals surface area contributed by atoms with E-state index in [0.717, 1.165) is 22.5 Å². The number of halogens is 1. The molecular weight excluding hydrogens is 397 g/mol. The molecule has 1 aliphatic heterocycles. The molecule has 2 heterocycles. The van der Waals surface area contributed by atoms with Gasteiger partial charge in [0.2, 0.25) is 0 Å². The van der Waals surface area contributed by atoms with Gasteiger partial charge in [0.25, 0.3) is 0 Å². The van der Waals surface area contributed by atoms with Crippen molar-refractivity contribution in [3.8, 4) is 0 Å². The number of nitrogens with zero attached hydrogens (tertiary/aromatic N) is 3. The van der Waals surface area contributed by atoms with Crippen LogP contribution < -0.4 is 4.90 Å². The minimum absolute atomic E-state index is 0. The molecule has 0 aliphatic carbocycles. The summed E-state index contributed by atoms with van der Waals surface area (Å²) in [5.41, 5.74) is 2.77. The van der Waals surface area contributed by atoms with Gasteiger partial charge in [-0.25, -0.2) is 0 Å². The quantitative estimate of drug-likeness (QED) is 0.624. The standard InChI is InChI=1S/C16H24N3O6P.ClH/c1-18-14-6-5-12(19-7-9-24-26(22,23)25-10-8-19)11-13(14)17-15(18)3-2-4-16(20)21;/h5-6,11,22-23,26H,2-4,7-10H2,1H3,(H,20,21);1H. The normalized spacial score (nSPS) is 18.4. The van der Waals surface area contributed by atoms with Crippen LogP contribution in [-0.4, -0.2) is 56.7 Å². The van der Waals surface area contributed by atoms with Crippen LogP contribution in [0.1, 0.15) is 18.7 Å². The molecule has 0 saturated carbocycles. The number of imidazole rings is 1. The summed E-state index contributed by atoms with van der Waals surface area (Å²) in [5.74, 6) is 0.0551. The third-order valence-corrected chi connectivity index (χ3v) is 5.58. The first-order valence-electron chi connectivity index (χ1n) is 8.50. The van der Waals surface area contributed by atoms with Crippen molar-refractivity contribution in [2.75, 3.05) is 31.2 Å². The number of hydrogen-bond acceptors (Lipinski definition) is 7. The molecule has 3 rings (SSSR count). The summed E-state index contributed by atoms with van der Waals surface area (Å²) < 4.78 is 12.0. The number of carboxylic acids is 1. The van der Waals surface area contributed by atoms with Crippen LogP contribution in [0, 0.1) is 0 Å². The summed E-state index contributed by atoms with van der Waals surface area (Å²) in [6.45, 7) is 1.37. The number of aryl methyl sites for hydroxylation is 2. The first-order valence-corrected chi connectivity index (χ1v) is 10.2. The molecule has 0 spiro atoms. The van der Waals surface area contributed by atoms with Crippen LogP contribution in [0.5, 0.6) is 0 Å². The molecular formula is C16H25ClN3O6P. The first kappa shape index (κ1) is 21.8. The van der Waals surface area contributed by atoms with Crippen molar-refractivity contribution < 1.29 is 28.7 Å². The molecule has 1 aromatic heterocycles. The predicted octanol–water partition coefficient (Wildman–Crippen LogP) is 1.65. The molecule has 2 aromatic rings. The van der Waals surface area contributed by atoms with Crippen LogP contribution in [0.15, 0.2) is 18.2 Å². The van der Waals surface area contributed by atoms with Crippen molar-refractivity contribution in [1.82, 2.24) is 9.55 Å². The fraction of sp³-hybridized carbons (Fsp3) is 0.500. The van der Waals surface area contributed by atoms with E-state index in [9.17, 15) is 14.6 Å². The van der Waals surface area contributed by atoms with Crippen molar-refractivity contribution in [3.05, 3.63) is 24.0 Å².